The maximum Gasteiger partial charge on any atom is 0.212 e. The molecule has 0 saturated carbocycles. The zero-order valence-corrected chi connectivity index (χ0v) is 15.7. The van der Waals surface area contributed by atoms with E-state index in [1.807, 2.05) is 25.1 Å². The van der Waals surface area contributed by atoms with Crippen molar-refractivity contribution in [2.75, 3.05) is 40.3 Å². The quantitative estimate of drug-likeness (QED) is 0.456. The Morgan fingerprint density at radius 1 is 1.23 bits per heavy atom. The second kappa shape index (κ2) is 8.67. The molecule has 1 heterocycles. The summed E-state index contributed by atoms with van der Waals surface area (Å²) in [6.07, 6.45) is 1.00. The van der Waals surface area contributed by atoms with E-state index in [2.05, 4.69) is 58.0 Å². The molecule has 2 N–H and O–H groups in total. The van der Waals surface area contributed by atoms with Crippen LogP contribution in [0.2, 0.25) is 0 Å². The van der Waals surface area contributed by atoms with Crippen molar-refractivity contribution in [3.8, 4) is 5.75 Å². The van der Waals surface area contributed by atoms with Gasteiger partial charge in [-0.2, -0.15) is 5.10 Å². The second-order valence-electron chi connectivity index (χ2n) is 6.63. The molecular formula is C20H27N5O. The summed E-state index contributed by atoms with van der Waals surface area (Å²) in [5.41, 5.74) is 5.01. The molecule has 0 spiro atoms. The highest BCUT2D eigenvalue weighted by atomic mass is 16.5. The third-order valence-corrected chi connectivity index (χ3v) is 4.28. The highest BCUT2D eigenvalue weighted by Crippen LogP contribution is 2.29. The first kappa shape index (κ1) is 18.2. The van der Waals surface area contributed by atoms with Crippen LogP contribution in [-0.2, 0) is 0 Å². The van der Waals surface area contributed by atoms with Crippen LogP contribution in [0.15, 0.2) is 46.5 Å². The molecule has 26 heavy (non-hydrogen) atoms. The lowest BCUT2D eigenvalue weighted by molar-refractivity contribution is 0.284. The molecule has 3 rings (SSSR count). The first-order valence-electron chi connectivity index (χ1n) is 9.03. The number of hydrazone groups is 1. The predicted molar refractivity (Wildman–Crippen MR) is 108 cm³/mol. The van der Waals surface area contributed by atoms with Gasteiger partial charge in [0, 0.05) is 24.0 Å². The topological polar surface area (TPSA) is 61.3 Å². The number of rotatable bonds is 7. The van der Waals surface area contributed by atoms with Crippen LogP contribution in [-0.4, -0.2) is 56.9 Å². The van der Waals surface area contributed by atoms with Gasteiger partial charge in [0.05, 0.1) is 18.9 Å². The Bertz CT molecular complexity index is 813. The van der Waals surface area contributed by atoms with Gasteiger partial charge in [-0.1, -0.05) is 24.3 Å². The summed E-state index contributed by atoms with van der Waals surface area (Å²) < 4.78 is 6.03. The fraction of sp³-hybridized carbons (Fsp3) is 0.400. The Kier molecular flexibility index (Phi) is 6.07. The van der Waals surface area contributed by atoms with E-state index in [0.29, 0.717) is 6.61 Å². The van der Waals surface area contributed by atoms with Gasteiger partial charge in [-0.3, -0.25) is 0 Å². The second-order valence-corrected chi connectivity index (χ2v) is 6.63. The minimum absolute atomic E-state index is 0.710. The Balaban J connectivity index is 1.79. The van der Waals surface area contributed by atoms with E-state index in [4.69, 9.17) is 4.74 Å². The SMILES string of the molecule is C/C(=N/NC1=NCCN1)c1ccc(OCCCN(C)C)c2ccccc12. The van der Waals surface area contributed by atoms with E-state index in [-0.39, 0.29) is 0 Å². The summed E-state index contributed by atoms with van der Waals surface area (Å²) in [4.78, 5) is 6.46. The Morgan fingerprint density at radius 3 is 2.77 bits per heavy atom. The molecule has 0 bridgehead atoms. The lowest BCUT2D eigenvalue weighted by atomic mass is 10.0. The summed E-state index contributed by atoms with van der Waals surface area (Å²) in [5, 5.41) is 9.89. The number of hydrogen-bond donors (Lipinski definition) is 2. The molecule has 0 aromatic heterocycles. The molecule has 2 aromatic rings. The van der Waals surface area contributed by atoms with Crippen molar-refractivity contribution in [3.05, 3.63) is 42.0 Å². The van der Waals surface area contributed by atoms with Gasteiger partial charge in [0.25, 0.3) is 0 Å². The summed E-state index contributed by atoms with van der Waals surface area (Å²) >= 11 is 0. The summed E-state index contributed by atoms with van der Waals surface area (Å²) in [6, 6.07) is 12.4. The lowest BCUT2D eigenvalue weighted by Crippen LogP contribution is -2.30. The summed E-state index contributed by atoms with van der Waals surface area (Å²) in [6.45, 7) is 5.38. The number of nitrogens with one attached hydrogen (secondary N) is 2. The molecule has 2 aromatic carbocycles. The van der Waals surface area contributed by atoms with Crippen LogP contribution in [0, 0.1) is 0 Å². The zero-order valence-electron chi connectivity index (χ0n) is 15.7. The number of ether oxygens (including phenoxy) is 1. The van der Waals surface area contributed by atoms with Crippen LogP contribution >= 0.6 is 0 Å². The molecular weight excluding hydrogens is 326 g/mol. The largest absolute Gasteiger partial charge is 0.493 e. The van der Waals surface area contributed by atoms with E-state index in [1.54, 1.807) is 0 Å². The number of guanidine groups is 1. The van der Waals surface area contributed by atoms with Crippen LogP contribution in [0.4, 0.5) is 0 Å². The molecule has 0 fully saturated rings. The molecule has 1 aliphatic rings. The van der Waals surface area contributed by atoms with Gasteiger partial charge in [-0.25, -0.2) is 10.4 Å². The van der Waals surface area contributed by atoms with E-state index < -0.39 is 0 Å². The monoisotopic (exact) mass is 353 g/mol. The van der Waals surface area contributed by atoms with Crippen molar-refractivity contribution in [1.82, 2.24) is 15.6 Å². The molecule has 0 atom stereocenters. The normalized spacial score (nSPS) is 14.5. The van der Waals surface area contributed by atoms with Crippen molar-refractivity contribution in [2.45, 2.75) is 13.3 Å². The summed E-state index contributed by atoms with van der Waals surface area (Å²) in [5.74, 6) is 1.65. The van der Waals surface area contributed by atoms with Gasteiger partial charge < -0.3 is 15.0 Å². The van der Waals surface area contributed by atoms with Crippen LogP contribution in [0.25, 0.3) is 10.8 Å². The molecule has 1 aliphatic heterocycles. The highest BCUT2D eigenvalue weighted by molar-refractivity contribution is 6.11. The van der Waals surface area contributed by atoms with Crippen molar-refractivity contribution >= 4 is 22.4 Å². The fourth-order valence-electron chi connectivity index (χ4n) is 2.95. The average Bonchev–Trinajstić information content (AvgIpc) is 3.16. The molecule has 138 valence electrons. The minimum atomic E-state index is 0.710. The number of benzene rings is 2. The Labute approximate surface area is 154 Å². The molecule has 0 amide bonds. The number of fused-ring (bicyclic) bond motifs is 1. The van der Waals surface area contributed by atoms with E-state index in [0.717, 1.165) is 59.8 Å². The third-order valence-electron chi connectivity index (χ3n) is 4.28. The van der Waals surface area contributed by atoms with Gasteiger partial charge in [0.15, 0.2) is 0 Å². The third kappa shape index (κ3) is 4.52. The molecule has 0 aliphatic carbocycles. The first-order valence-corrected chi connectivity index (χ1v) is 9.03. The van der Waals surface area contributed by atoms with Gasteiger partial charge in [0.1, 0.15) is 5.75 Å². The molecule has 0 radical (unpaired) electrons. The Morgan fingerprint density at radius 2 is 2.04 bits per heavy atom. The lowest BCUT2D eigenvalue weighted by Gasteiger charge is -2.14. The van der Waals surface area contributed by atoms with E-state index in [9.17, 15) is 0 Å². The highest BCUT2D eigenvalue weighted by Gasteiger charge is 2.10. The van der Waals surface area contributed by atoms with Crippen molar-refractivity contribution in [3.63, 3.8) is 0 Å². The maximum atomic E-state index is 6.03. The number of nitrogens with zero attached hydrogens (tertiary/aromatic N) is 3. The fourth-order valence-corrected chi connectivity index (χ4v) is 2.95. The molecule has 0 unspecified atom stereocenters. The number of hydrogen-bond acceptors (Lipinski definition) is 6. The Hall–Kier alpha value is -2.60. The first-order chi connectivity index (χ1) is 12.6. The molecule has 6 heteroatoms. The van der Waals surface area contributed by atoms with Gasteiger partial charge in [-0.05, 0) is 45.0 Å². The van der Waals surface area contributed by atoms with Crippen LogP contribution in [0.3, 0.4) is 0 Å². The van der Waals surface area contributed by atoms with E-state index in [1.165, 1.54) is 0 Å². The van der Waals surface area contributed by atoms with Gasteiger partial charge in [-0.15, -0.1) is 0 Å². The van der Waals surface area contributed by atoms with Crippen LogP contribution in [0.1, 0.15) is 18.9 Å². The van der Waals surface area contributed by atoms with Crippen molar-refractivity contribution in [1.29, 1.82) is 0 Å². The van der Waals surface area contributed by atoms with Crippen molar-refractivity contribution in [2.24, 2.45) is 10.1 Å². The molecule has 6 nitrogen and oxygen atoms in total. The average molecular weight is 353 g/mol. The zero-order chi connectivity index (χ0) is 18.4. The smallest absolute Gasteiger partial charge is 0.212 e. The van der Waals surface area contributed by atoms with E-state index >= 15 is 0 Å². The van der Waals surface area contributed by atoms with Crippen LogP contribution < -0.4 is 15.5 Å². The predicted octanol–water partition coefficient (Wildman–Crippen LogP) is 2.44. The summed E-state index contributed by atoms with van der Waals surface area (Å²) in [7, 11) is 4.15. The van der Waals surface area contributed by atoms with Crippen LogP contribution in [0.5, 0.6) is 5.75 Å². The number of aliphatic imine (C=N–C) groups is 1. The van der Waals surface area contributed by atoms with Gasteiger partial charge >= 0.3 is 0 Å². The van der Waals surface area contributed by atoms with Crippen molar-refractivity contribution < 1.29 is 4.74 Å². The van der Waals surface area contributed by atoms with Gasteiger partial charge in [0.2, 0.25) is 5.96 Å². The maximum absolute atomic E-state index is 6.03. The molecule has 0 saturated heterocycles. The standard InChI is InChI=1S/C20H27N5O/c1-15(23-24-20-21-11-12-22-20)16-9-10-19(26-14-6-13-25(2)3)18-8-5-4-7-17(16)18/h4-5,7-10H,6,11-14H2,1-3H3,(H2,21,22,24)/b23-15-. The minimum Gasteiger partial charge on any atom is -0.493 e.